The van der Waals surface area contributed by atoms with Crippen molar-refractivity contribution in [3.8, 4) is 0 Å². The van der Waals surface area contributed by atoms with Crippen molar-refractivity contribution in [2.75, 3.05) is 17.2 Å². The SMILES string of the molecule is N=C(N)c1ccc(N2CC(CSc3cccc(CC(=O)O)c3)OC2=O)cc1. The van der Waals surface area contributed by atoms with Crippen LogP contribution in [0.3, 0.4) is 0 Å². The molecule has 1 atom stereocenters. The molecule has 0 saturated carbocycles. The Morgan fingerprint density at radius 2 is 2.04 bits per heavy atom. The van der Waals surface area contributed by atoms with Crippen molar-refractivity contribution < 1.29 is 19.4 Å². The normalized spacial score (nSPS) is 16.2. The molecule has 0 spiro atoms. The number of carboxylic acids is 1. The van der Waals surface area contributed by atoms with Gasteiger partial charge in [-0.25, -0.2) is 4.79 Å². The van der Waals surface area contributed by atoms with Crippen LogP contribution in [-0.4, -0.2) is 41.4 Å². The predicted molar refractivity (Wildman–Crippen MR) is 104 cm³/mol. The summed E-state index contributed by atoms with van der Waals surface area (Å²) in [4.78, 5) is 25.5. The minimum Gasteiger partial charge on any atom is -0.481 e. The molecule has 2 aromatic rings. The van der Waals surface area contributed by atoms with Gasteiger partial charge in [-0.05, 0) is 42.0 Å². The summed E-state index contributed by atoms with van der Waals surface area (Å²) in [7, 11) is 0. The number of carbonyl (C=O) groups excluding carboxylic acids is 1. The second kappa shape index (κ2) is 8.13. The lowest BCUT2D eigenvalue weighted by molar-refractivity contribution is -0.136. The van der Waals surface area contributed by atoms with Gasteiger partial charge in [0.2, 0.25) is 0 Å². The molecule has 1 unspecified atom stereocenters. The number of carbonyl (C=O) groups is 2. The van der Waals surface area contributed by atoms with Crippen LogP contribution in [0.4, 0.5) is 10.5 Å². The van der Waals surface area contributed by atoms with Crippen LogP contribution in [0.15, 0.2) is 53.4 Å². The van der Waals surface area contributed by atoms with Crippen molar-refractivity contribution in [2.24, 2.45) is 5.73 Å². The summed E-state index contributed by atoms with van der Waals surface area (Å²) in [6.07, 6.45) is -0.689. The van der Waals surface area contributed by atoms with E-state index >= 15 is 0 Å². The molecule has 27 heavy (non-hydrogen) atoms. The number of carboxylic acid groups (broad SMARTS) is 1. The lowest BCUT2D eigenvalue weighted by atomic mass is 10.2. The molecule has 1 amide bonds. The van der Waals surface area contributed by atoms with E-state index in [1.165, 1.54) is 11.8 Å². The number of nitrogens with zero attached hydrogens (tertiary/aromatic N) is 1. The van der Waals surface area contributed by atoms with Crippen molar-refractivity contribution in [1.29, 1.82) is 5.41 Å². The molecule has 0 aliphatic carbocycles. The first-order valence-electron chi connectivity index (χ1n) is 8.28. The molecule has 1 aliphatic heterocycles. The van der Waals surface area contributed by atoms with Gasteiger partial charge in [0, 0.05) is 21.9 Å². The van der Waals surface area contributed by atoms with Gasteiger partial charge in [-0.15, -0.1) is 11.8 Å². The van der Waals surface area contributed by atoms with Gasteiger partial charge in [-0.3, -0.25) is 15.1 Å². The van der Waals surface area contributed by atoms with Gasteiger partial charge in [-0.1, -0.05) is 12.1 Å². The van der Waals surface area contributed by atoms with Crippen molar-refractivity contribution in [3.63, 3.8) is 0 Å². The number of anilines is 1. The largest absolute Gasteiger partial charge is 0.481 e. The Kier molecular flexibility index (Phi) is 5.66. The van der Waals surface area contributed by atoms with Crippen LogP contribution < -0.4 is 10.6 Å². The van der Waals surface area contributed by atoms with Gasteiger partial charge in [0.25, 0.3) is 0 Å². The molecule has 140 valence electrons. The first-order chi connectivity index (χ1) is 12.9. The van der Waals surface area contributed by atoms with Crippen LogP contribution in [0.1, 0.15) is 11.1 Å². The molecule has 4 N–H and O–H groups in total. The van der Waals surface area contributed by atoms with Crippen molar-refractivity contribution in [1.82, 2.24) is 0 Å². The molecule has 1 saturated heterocycles. The molecule has 3 rings (SSSR count). The fraction of sp³-hybridized carbons (Fsp3) is 0.211. The van der Waals surface area contributed by atoms with E-state index in [9.17, 15) is 9.59 Å². The van der Waals surface area contributed by atoms with Gasteiger partial charge in [0.15, 0.2) is 0 Å². The van der Waals surface area contributed by atoms with Crippen molar-refractivity contribution in [2.45, 2.75) is 17.4 Å². The zero-order chi connectivity index (χ0) is 19.4. The summed E-state index contributed by atoms with van der Waals surface area (Å²) in [5.41, 5.74) is 7.47. The molecule has 0 aromatic heterocycles. The maximum atomic E-state index is 12.2. The third-order valence-corrected chi connectivity index (χ3v) is 5.18. The highest BCUT2D eigenvalue weighted by molar-refractivity contribution is 7.99. The minimum atomic E-state index is -0.867. The Labute approximate surface area is 160 Å². The van der Waals surface area contributed by atoms with Crippen LogP contribution >= 0.6 is 11.8 Å². The molecular formula is C19H19N3O4S. The molecule has 1 fully saturated rings. The highest BCUT2D eigenvalue weighted by Gasteiger charge is 2.32. The number of aliphatic carboxylic acids is 1. The molecule has 0 bridgehead atoms. The van der Waals surface area contributed by atoms with Crippen LogP contribution in [0.25, 0.3) is 0 Å². The van der Waals surface area contributed by atoms with E-state index in [0.29, 0.717) is 23.5 Å². The topological polar surface area (TPSA) is 117 Å². The van der Waals surface area contributed by atoms with E-state index < -0.39 is 12.1 Å². The van der Waals surface area contributed by atoms with Gasteiger partial charge >= 0.3 is 12.1 Å². The van der Waals surface area contributed by atoms with Gasteiger partial charge in [0.1, 0.15) is 11.9 Å². The first-order valence-corrected chi connectivity index (χ1v) is 9.27. The third kappa shape index (κ3) is 4.79. The quantitative estimate of drug-likeness (QED) is 0.383. The minimum absolute atomic E-state index is 0.0170. The maximum Gasteiger partial charge on any atom is 0.414 e. The summed E-state index contributed by atoms with van der Waals surface area (Å²) in [6.45, 7) is 0.431. The van der Waals surface area contributed by atoms with E-state index in [2.05, 4.69) is 0 Å². The molecule has 1 aliphatic rings. The van der Waals surface area contributed by atoms with Crippen LogP contribution in [-0.2, 0) is 16.0 Å². The first kappa shape index (κ1) is 18.8. The van der Waals surface area contributed by atoms with Crippen LogP contribution in [0.2, 0.25) is 0 Å². The molecule has 7 nitrogen and oxygen atoms in total. The Morgan fingerprint density at radius 3 is 2.70 bits per heavy atom. The average molecular weight is 385 g/mol. The Bertz CT molecular complexity index is 870. The molecule has 1 heterocycles. The van der Waals surface area contributed by atoms with Crippen molar-refractivity contribution in [3.05, 3.63) is 59.7 Å². The standard InChI is InChI=1S/C19H19N3O4S/c20-18(21)13-4-6-14(7-5-13)22-10-15(26-19(22)25)11-27-16-3-1-2-12(8-16)9-17(23)24/h1-8,15H,9-11H2,(H3,20,21)(H,23,24). The number of cyclic esters (lactones) is 1. The Morgan fingerprint density at radius 1 is 1.30 bits per heavy atom. The predicted octanol–water partition coefficient (Wildman–Crippen LogP) is 2.72. The summed E-state index contributed by atoms with van der Waals surface area (Å²) in [6, 6.07) is 14.2. The Balaban J connectivity index is 1.59. The van der Waals surface area contributed by atoms with Gasteiger partial charge in [-0.2, -0.15) is 0 Å². The van der Waals surface area contributed by atoms with Gasteiger partial charge < -0.3 is 15.6 Å². The molecule has 0 radical (unpaired) electrons. The van der Waals surface area contributed by atoms with E-state index in [1.54, 1.807) is 35.2 Å². The number of amides is 1. The number of benzene rings is 2. The molecular weight excluding hydrogens is 366 g/mol. The summed E-state index contributed by atoms with van der Waals surface area (Å²) >= 11 is 1.52. The second-order valence-electron chi connectivity index (χ2n) is 6.11. The van der Waals surface area contributed by atoms with E-state index in [1.807, 2.05) is 18.2 Å². The number of thioether (sulfide) groups is 1. The number of hydrogen-bond acceptors (Lipinski definition) is 5. The smallest absolute Gasteiger partial charge is 0.414 e. The number of nitrogen functional groups attached to an aromatic ring is 1. The fourth-order valence-electron chi connectivity index (χ4n) is 2.75. The Hall–Kier alpha value is -3.00. The lowest BCUT2D eigenvalue weighted by Crippen LogP contribution is -2.25. The van der Waals surface area contributed by atoms with E-state index in [0.717, 1.165) is 10.5 Å². The lowest BCUT2D eigenvalue weighted by Gasteiger charge is -2.13. The monoisotopic (exact) mass is 385 g/mol. The van der Waals surface area contributed by atoms with E-state index in [4.69, 9.17) is 21.0 Å². The van der Waals surface area contributed by atoms with Crippen LogP contribution in [0.5, 0.6) is 0 Å². The number of ether oxygens (including phenoxy) is 1. The fourth-order valence-corrected chi connectivity index (χ4v) is 3.71. The molecule has 8 heteroatoms. The maximum absolute atomic E-state index is 12.2. The summed E-state index contributed by atoms with van der Waals surface area (Å²) in [5, 5.41) is 16.3. The number of nitrogens with two attached hydrogens (primary N) is 1. The zero-order valence-electron chi connectivity index (χ0n) is 14.4. The van der Waals surface area contributed by atoms with Crippen molar-refractivity contribution >= 4 is 35.3 Å². The highest BCUT2D eigenvalue weighted by atomic mass is 32.2. The average Bonchev–Trinajstić information content (AvgIpc) is 3.00. The number of rotatable bonds is 7. The second-order valence-corrected chi connectivity index (χ2v) is 7.20. The zero-order valence-corrected chi connectivity index (χ0v) is 15.2. The van der Waals surface area contributed by atoms with Crippen LogP contribution in [0, 0.1) is 5.41 Å². The number of hydrogen-bond donors (Lipinski definition) is 3. The highest BCUT2D eigenvalue weighted by Crippen LogP contribution is 2.27. The number of amidine groups is 1. The summed E-state index contributed by atoms with van der Waals surface area (Å²) < 4.78 is 5.43. The summed E-state index contributed by atoms with van der Waals surface area (Å²) in [5.74, 6) is -0.317. The van der Waals surface area contributed by atoms with Gasteiger partial charge in [0.05, 0.1) is 13.0 Å². The third-order valence-electron chi connectivity index (χ3n) is 4.05. The molecule has 2 aromatic carbocycles. The van der Waals surface area contributed by atoms with E-state index in [-0.39, 0.29) is 18.4 Å². The number of nitrogens with one attached hydrogen (secondary N) is 1.